The molecule has 3 nitrogen and oxygen atoms in total. The minimum Gasteiger partial charge on any atom is -0.376 e. The Hall–Kier alpha value is -2.75. The molecule has 3 heteroatoms. The third-order valence-electron chi connectivity index (χ3n) is 5.54. The lowest BCUT2D eigenvalue weighted by Gasteiger charge is -2.05. The minimum absolute atomic E-state index is 0.0241. The molecule has 3 aromatic carbocycles. The van der Waals surface area contributed by atoms with Gasteiger partial charge < -0.3 is 9.47 Å². The molecule has 0 aromatic heterocycles. The van der Waals surface area contributed by atoms with E-state index in [1.165, 1.54) is 0 Å². The zero-order valence-corrected chi connectivity index (χ0v) is 16.4. The number of hydrogen-bond donors (Lipinski definition) is 0. The number of ether oxygens (including phenoxy) is 2. The highest BCUT2D eigenvalue weighted by molar-refractivity contribution is 6.00. The average molecular weight is 386 g/mol. The number of carbonyl (C=O) groups excluding carboxylic acids is 1. The lowest BCUT2D eigenvalue weighted by molar-refractivity contribution is 0.0840. The largest absolute Gasteiger partial charge is 0.376 e. The molecular formula is C26H26O3. The molecule has 0 N–H and O–H groups in total. The van der Waals surface area contributed by atoms with Crippen LogP contribution in [0.25, 0.3) is 0 Å². The molecule has 1 unspecified atom stereocenters. The number of carbonyl (C=O) groups is 1. The first-order valence-electron chi connectivity index (χ1n) is 10.2. The van der Waals surface area contributed by atoms with Crippen LogP contribution in [0.15, 0.2) is 91.0 Å². The first-order valence-corrected chi connectivity index (χ1v) is 10.2. The van der Waals surface area contributed by atoms with Crippen LogP contribution in [0.3, 0.4) is 0 Å². The Morgan fingerprint density at radius 1 is 0.621 bits per heavy atom. The standard InChI is InChI=1S/C26H26O3/c27-26(22-14-8-3-9-15-22)25-23(18-28-16-20-10-4-1-5-11-20)24(25)19-29-17-21-12-6-2-7-13-21/h1-15,23-25H,16-19H2/t23-,24+,25?. The average Bonchev–Trinajstić information content (AvgIpc) is 3.47. The van der Waals surface area contributed by atoms with E-state index in [9.17, 15) is 4.79 Å². The Labute approximate surface area is 172 Å². The summed E-state index contributed by atoms with van der Waals surface area (Å²) in [6.45, 7) is 2.30. The van der Waals surface area contributed by atoms with Gasteiger partial charge in [-0.1, -0.05) is 91.0 Å². The summed E-state index contributed by atoms with van der Waals surface area (Å²) in [5.74, 6) is 0.598. The van der Waals surface area contributed by atoms with E-state index < -0.39 is 0 Å². The van der Waals surface area contributed by atoms with Gasteiger partial charge in [-0.2, -0.15) is 0 Å². The lowest BCUT2D eigenvalue weighted by atomic mass is 10.1. The van der Waals surface area contributed by atoms with E-state index in [-0.39, 0.29) is 23.5 Å². The molecule has 1 fully saturated rings. The number of hydrogen-bond acceptors (Lipinski definition) is 3. The second kappa shape index (κ2) is 9.64. The third-order valence-corrected chi connectivity index (χ3v) is 5.54. The molecule has 148 valence electrons. The second-order valence-electron chi connectivity index (χ2n) is 7.59. The van der Waals surface area contributed by atoms with Crippen LogP contribution in [0.5, 0.6) is 0 Å². The van der Waals surface area contributed by atoms with Gasteiger partial charge in [-0.05, 0) is 23.0 Å². The Morgan fingerprint density at radius 3 is 1.48 bits per heavy atom. The van der Waals surface area contributed by atoms with Crippen molar-refractivity contribution in [3.63, 3.8) is 0 Å². The first-order chi connectivity index (χ1) is 14.3. The summed E-state index contributed by atoms with van der Waals surface area (Å²) < 4.78 is 11.9. The van der Waals surface area contributed by atoms with Gasteiger partial charge in [-0.25, -0.2) is 0 Å². The third kappa shape index (κ3) is 5.20. The Morgan fingerprint density at radius 2 is 1.03 bits per heavy atom. The first kappa shape index (κ1) is 19.6. The fourth-order valence-corrected chi connectivity index (χ4v) is 3.86. The maximum Gasteiger partial charge on any atom is 0.166 e. The van der Waals surface area contributed by atoms with Crippen LogP contribution in [0.4, 0.5) is 0 Å². The predicted molar refractivity (Wildman–Crippen MR) is 113 cm³/mol. The van der Waals surface area contributed by atoms with Crippen molar-refractivity contribution in [2.75, 3.05) is 13.2 Å². The summed E-state index contributed by atoms with van der Waals surface area (Å²) in [4.78, 5) is 13.0. The summed E-state index contributed by atoms with van der Waals surface area (Å²) in [6.07, 6.45) is 0. The van der Waals surface area contributed by atoms with Crippen LogP contribution in [0.2, 0.25) is 0 Å². The highest BCUT2D eigenvalue weighted by atomic mass is 16.5. The number of Topliss-reactive ketones (excluding diaryl/α,β-unsaturated/α-hetero) is 1. The van der Waals surface area contributed by atoms with E-state index in [0.717, 1.165) is 16.7 Å². The predicted octanol–water partition coefficient (Wildman–Crippen LogP) is 5.17. The Balaban J connectivity index is 1.34. The number of benzene rings is 3. The highest BCUT2D eigenvalue weighted by Crippen LogP contribution is 2.48. The highest BCUT2D eigenvalue weighted by Gasteiger charge is 2.54. The molecule has 0 amide bonds. The summed E-state index contributed by atoms with van der Waals surface area (Å²) in [7, 11) is 0. The zero-order chi connectivity index (χ0) is 19.9. The van der Waals surface area contributed by atoms with Crippen molar-refractivity contribution in [2.45, 2.75) is 13.2 Å². The molecule has 0 heterocycles. The maximum absolute atomic E-state index is 13.0. The minimum atomic E-state index is -0.0241. The second-order valence-corrected chi connectivity index (χ2v) is 7.59. The molecule has 4 rings (SSSR count). The topological polar surface area (TPSA) is 35.5 Å². The van der Waals surface area contributed by atoms with E-state index in [1.807, 2.05) is 66.7 Å². The quantitative estimate of drug-likeness (QED) is 0.451. The van der Waals surface area contributed by atoms with Gasteiger partial charge in [0.1, 0.15) is 0 Å². The van der Waals surface area contributed by atoms with E-state index >= 15 is 0 Å². The van der Waals surface area contributed by atoms with E-state index in [0.29, 0.717) is 26.4 Å². The Bertz CT molecular complexity index is 842. The molecule has 0 bridgehead atoms. The van der Waals surface area contributed by atoms with Crippen LogP contribution in [-0.2, 0) is 22.7 Å². The smallest absolute Gasteiger partial charge is 0.166 e. The maximum atomic E-state index is 13.0. The van der Waals surface area contributed by atoms with E-state index in [2.05, 4.69) is 24.3 Å². The van der Waals surface area contributed by atoms with Gasteiger partial charge in [0.15, 0.2) is 5.78 Å². The number of ketones is 1. The molecule has 1 aliphatic rings. The summed E-state index contributed by atoms with van der Waals surface area (Å²) in [5.41, 5.74) is 3.07. The van der Waals surface area contributed by atoms with E-state index in [4.69, 9.17) is 9.47 Å². The normalized spacial score (nSPS) is 20.3. The molecular weight excluding hydrogens is 360 g/mol. The molecule has 3 atom stereocenters. The monoisotopic (exact) mass is 386 g/mol. The van der Waals surface area contributed by atoms with Crippen molar-refractivity contribution >= 4 is 5.78 Å². The van der Waals surface area contributed by atoms with Crippen molar-refractivity contribution in [1.29, 1.82) is 0 Å². The van der Waals surface area contributed by atoms with Gasteiger partial charge >= 0.3 is 0 Å². The van der Waals surface area contributed by atoms with Crippen molar-refractivity contribution in [2.24, 2.45) is 17.8 Å². The summed E-state index contributed by atoms with van der Waals surface area (Å²) >= 11 is 0. The molecule has 0 radical (unpaired) electrons. The van der Waals surface area contributed by atoms with Crippen LogP contribution in [0.1, 0.15) is 21.5 Å². The molecule has 29 heavy (non-hydrogen) atoms. The van der Waals surface area contributed by atoms with Crippen molar-refractivity contribution < 1.29 is 14.3 Å². The van der Waals surface area contributed by atoms with E-state index in [1.54, 1.807) is 0 Å². The molecule has 1 saturated carbocycles. The molecule has 1 aliphatic carbocycles. The van der Waals surface area contributed by atoms with Gasteiger partial charge in [0, 0.05) is 11.5 Å². The SMILES string of the molecule is O=C(c1ccccc1)C1[C@@H](COCc2ccccc2)[C@H]1COCc1ccccc1. The molecule has 0 aliphatic heterocycles. The van der Waals surface area contributed by atoms with Crippen LogP contribution in [-0.4, -0.2) is 19.0 Å². The molecule has 0 spiro atoms. The van der Waals surface area contributed by atoms with Crippen LogP contribution in [0, 0.1) is 17.8 Å². The lowest BCUT2D eigenvalue weighted by Crippen LogP contribution is -2.07. The van der Waals surface area contributed by atoms with Gasteiger partial charge in [0.25, 0.3) is 0 Å². The van der Waals surface area contributed by atoms with Crippen molar-refractivity contribution in [1.82, 2.24) is 0 Å². The van der Waals surface area contributed by atoms with Crippen LogP contribution >= 0.6 is 0 Å². The fourth-order valence-electron chi connectivity index (χ4n) is 3.86. The number of rotatable bonds is 10. The van der Waals surface area contributed by atoms with Crippen molar-refractivity contribution in [3.8, 4) is 0 Å². The van der Waals surface area contributed by atoms with Crippen molar-refractivity contribution in [3.05, 3.63) is 108 Å². The fraction of sp³-hybridized carbons (Fsp3) is 0.269. The van der Waals surface area contributed by atoms with Gasteiger partial charge in [-0.3, -0.25) is 4.79 Å². The molecule has 3 aromatic rings. The molecule has 0 saturated heterocycles. The zero-order valence-electron chi connectivity index (χ0n) is 16.4. The Kier molecular flexibility index (Phi) is 6.50. The summed E-state index contributed by atoms with van der Waals surface area (Å²) in [5, 5.41) is 0. The van der Waals surface area contributed by atoms with Gasteiger partial charge in [0.2, 0.25) is 0 Å². The van der Waals surface area contributed by atoms with Crippen LogP contribution < -0.4 is 0 Å². The van der Waals surface area contributed by atoms with Gasteiger partial charge in [0.05, 0.1) is 26.4 Å². The van der Waals surface area contributed by atoms with Gasteiger partial charge in [-0.15, -0.1) is 0 Å². The summed E-state index contributed by atoms with van der Waals surface area (Å²) in [6, 6.07) is 29.8.